The maximum atomic E-state index is 12.7. The molecule has 2 aromatic carbocycles. The molecule has 0 bridgehead atoms. The van der Waals surface area contributed by atoms with E-state index in [2.05, 4.69) is 10.6 Å². The van der Waals surface area contributed by atoms with Gasteiger partial charge in [-0.25, -0.2) is 4.79 Å². The fraction of sp³-hybridized carbons (Fsp3) is 0.174. The van der Waals surface area contributed by atoms with Crippen LogP contribution in [0.1, 0.15) is 33.9 Å². The zero-order valence-electron chi connectivity index (χ0n) is 16.9. The van der Waals surface area contributed by atoms with Gasteiger partial charge in [-0.05, 0) is 65.9 Å². The van der Waals surface area contributed by atoms with Gasteiger partial charge in [0, 0.05) is 16.3 Å². The largest absolute Gasteiger partial charge is 0.425 e. The summed E-state index contributed by atoms with van der Waals surface area (Å²) < 4.78 is 5.44. The molecular formula is C23H21ClN2O4S. The number of rotatable bonds is 7. The Bertz CT molecular complexity index is 1050. The summed E-state index contributed by atoms with van der Waals surface area (Å²) >= 11 is 7.20. The molecule has 0 saturated carbocycles. The summed E-state index contributed by atoms with van der Waals surface area (Å²) in [5.74, 6) is -1.05. The highest BCUT2D eigenvalue weighted by molar-refractivity contribution is 7.12. The number of halogens is 1. The van der Waals surface area contributed by atoms with Crippen LogP contribution >= 0.6 is 22.9 Å². The third-order valence-electron chi connectivity index (χ3n) is 4.39. The van der Waals surface area contributed by atoms with Crippen LogP contribution in [0.25, 0.3) is 0 Å². The summed E-state index contributed by atoms with van der Waals surface area (Å²) in [6.45, 7) is 3.63. The summed E-state index contributed by atoms with van der Waals surface area (Å²) in [6, 6.07) is 15.6. The molecule has 0 radical (unpaired) electrons. The van der Waals surface area contributed by atoms with Crippen molar-refractivity contribution in [3.05, 3.63) is 81.5 Å². The number of ether oxygens (including phenoxy) is 1. The number of nitrogens with one attached hydrogen (secondary N) is 2. The minimum atomic E-state index is -0.832. The molecule has 2 N–H and O–H groups in total. The van der Waals surface area contributed by atoms with Gasteiger partial charge in [0.15, 0.2) is 0 Å². The Morgan fingerprint density at radius 1 is 0.935 bits per heavy atom. The fourth-order valence-electron chi connectivity index (χ4n) is 2.71. The van der Waals surface area contributed by atoms with E-state index in [-0.39, 0.29) is 17.7 Å². The van der Waals surface area contributed by atoms with Gasteiger partial charge < -0.3 is 15.4 Å². The number of carbonyl (C=O) groups is 3. The lowest BCUT2D eigenvalue weighted by Crippen LogP contribution is -2.46. The van der Waals surface area contributed by atoms with Gasteiger partial charge in [0.2, 0.25) is 0 Å². The second-order valence-corrected chi connectivity index (χ2v) is 8.46. The van der Waals surface area contributed by atoms with Crippen LogP contribution in [-0.4, -0.2) is 23.8 Å². The molecule has 6 nitrogen and oxygen atoms in total. The number of amides is 2. The molecule has 0 unspecified atom stereocenters. The van der Waals surface area contributed by atoms with E-state index < -0.39 is 12.0 Å². The van der Waals surface area contributed by atoms with Gasteiger partial charge in [-0.15, -0.1) is 11.3 Å². The number of esters is 1. The normalized spacial score (nSPS) is 11.6. The summed E-state index contributed by atoms with van der Waals surface area (Å²) in [5.41, 5.74) is 0.975. The maximum absolute atomic E-state index is 12.7. The first kappa shape index (κ1) is 22.5. The summed E-state index contributed by atoms with van der Waals surface area (Å²) in [4.78, 5) is 37.8. The van der Waals surface area contributed by atoms with Crippen LogP contribution in [0.5, 0.6) is 5.75 Å². The second kappa shape index (κ2) is 10.2. The monoisotopic (exact) mass is 456 g/mol. The van der Waals surface area contributed by atoms with Crippen molar-refractivity contribution >= 4 is 46.4 Å². The van der Waals surface area contributed by atoms with E-state index in [1.165, 1.54) is 11.3 Å². The number of anilines is 1. The predicted octanol–water partition coefficient (Wildman–Crippen LogP) is 5.01. The lowest BCUT2D eigenvalue weighted by Gasteiger charge is -2.21. The molecule has 1 heterocycles. The summed E-state index contributed by atoms with van der Waals surface area (Å²) in [5, 5.41) is 7.84. The molecule has 31 heavy (non-hydrogen) atoms. The van der Waals surface area contributed by atoms with Crippen LogP contribution in [-0.2, 0) is 4.79 Å². The first-order valence-corrected chi connectivity index (χ1v) is 10.8. The third kappa shape index (κ3) is 6.16. The van der Waals surface area contributed by atoms with Gasteiger partial charge in [-0.2, -0.15) is 0 Å². The Kier molecular flexibility index (Phi) is 7.44. The molecule has 0 aliphatic heterocycles. The van der Waals surface area contributed by atoms with Gasteiger partial charge >= 0.3 is 5.97 Å². The molecular weight excluding hydrogens is 436 g/mol. The first-order valence-electron chi connectivity index (χ1n) is 9.56. The zero-order valence-corrected chi connectivity index (χ0v) is 18.5. The quantitative estimate of drug-likeness (QED) is 0.386. The summed E-state index contributed by atoms with van der Waals surface area (Å²) in [7, 11) is 0. The Balaban J connectivity index is 1.61. The number of thiophene rings is 1. The van der Waals surface area contributed by atoms with Crippen molar-refractivity contribution in [2.45, 2.75) is 19.9 Å². The molecule has 0 saturated heterocycles. The van der Waals surface area contributed by atoms with Crippen molar-refractivity contribution in [3.63, 3.8) is 0 Å². The van der Waals surface area contributed by atoms with Crippen molar-refractivity contribution in [2.24, 2.45) is 5.92 Å². The van der Waals surface area contributed by atoms with Crippen LogP contribution in [0.15, 0.2) is 66.0 Å². The number of hydrogen-bond acceptors (Lipinski definition) is 5. The Labute approximate surface area is 189 Å². The number of hydrogen-bond donors (Lipinski definition) is 2. The van der Waals surface area contributed by atoms with Crippen LogP contribution in [0, 0.1) is 5.92 Å². The van der Waals surface area contributed by atoms with Crippen molar-refractivity contribution < 1.29 is 19.1 Å². The molecule has 0 spiro atoms. The second-order valence-electron chi connectivity index (χ2n) is 7.08. The van der Waals surface area contributed by atoms with Crippen molar-refractivity contribution in [3.8, 4) is 5.75 Å². The van der Waals surface area contributed by atoms with E-state index in [9.17, 15) is 14.4 Å². The van der Waals surface area contributed by atoms with E-state index in [1.54, 1.807) is 60.7 Å². The van der Waals surface area contributed by atoms with Gasteiger partial charge in [0.05, 0.1) is 4.88 Å². The number of benzene rings is 2. The maximum Gasteiger partial charge on any atom is 0.334 e. The van der Waals surface area contributed by atoms with Gasteiger partial charge in [-0.3, -0.25) is 9.59 Å². The highest BCUT2D eigenvalue weighted by atomic mass is 35.5. The van der Waals surface area contributed by atoms with E-state index in [1.807, 2.05) is 19.2 Å². The third-order valence-corrected chi connectivity index (χ3v) is 5.51. The highest BCUT2D eigenvalue weighted by Gasteiger charge is 2.26. The predicted molar refractivity (Wildman–Crippen MR) is 122 cm³/mol. The topological polar surface area (TPSA) is 84.5 Å². The molecule has 1 atom stereocenters. The smallest absolute Gasteiger partial charge is 0.334 e. The molecule has 2 amide bonds. The molecule has 0 aliphatic rings. The van der Waals surface area contributed by atoms with Gasteiger partial charge in [-0.1, -0.05) is 31.5 Å². The van der Waals surface area contributed by atoms with E-state index in [0.717, 1.165) is 0 Å². The fourth-order valence-corrected chi connectivity index (χ4v) is 3.45. The highest BCUT2D eigenvalue weighted by Crippen LogP contribution is 2.19. The lowest BCUT2D eigenvalue weighted by atomic mass is 10.0. The first-order chi connectivity index (χ1) is 14.8. The van der Waals surface area contributed by atoms with Gasteiger partial charge in [0.1, 0.15) is 11.8 Å². The Morgan fingerprint density at radius 3 is 2.19 bits per heavy atom. The summed E-state index contributed by atoms with van der Waals surface area (Å²) in [6.07, 6.45) is 0. The zero-order chi connectivity index (χ0) is 22.4. The lowest BCUT2D eigenvalue weighted by molar-refractivity contribution is -0.137. The van der Waals surface area contributed by atoms with Crippen molar-refractivity contribution in [2.75, 3.05) is 5.32 Å². The van der Waals surface area contributed by atoms with Gasteiger partial charge in [0.25, 0.3) is 11.8 Å². The Hall–Kier alpha value is -3.16. The average molecular weight is 457 g/mol. The van der Waals surface area contributed by atoms with Crippen LogP contribution in [0.4, 0.5) is 5.69 Å². The van der Waals surface area contributed by atoms with Crippen LogP contribution < -0.4 is 15.4 Å². The molecule has 3 aromatic rings. The minimum Gasteiger partial charge on any atom is -0.425 e. The molecule has 1 aromatic heterocycles. The molecule has 8 heteroatoms. The van der Waals surface area contributed by atoms with Crippen molar-refractivity contribution in [1.29, 1.82) is 0 Å². The molecule has 0 fully saturated rings. The standard InChI is InChI=1S/C23H21ClN2O4S/c1-14(2)20(26-21(27)15-5-7-16(24)8-6-15)23(29)30-18-11-9-17(10-12-18)25-22(28)19-4-3-13-31-19/h3-14,20H,1-2H3,(H,25,28)(H,26,27)/t20-/m0/s1. The minimum absolute atomic E-state index is 0.187. The number of carbonyl (C=O) groups excluding carboxylic acids is 3. The average Bonchev–Trinajstić information content (AvgIpc) is 3.28. The SMILES string of the molecule is CC(C)[C@H](NC(=O)c1ccc(Cl)cc1)C(=O)Oc1ccc(NC(=O)c2cccs2)cc1. The van der Waals surface area contributed by atoms with E-state index >= 15 is 0 Å². The van der Waals surface area contributed by atoms with E-state index in [0.29, 0.717) is 26.9 Å². The molecule has 0 aliphatic carbocycles. The Morgan fingerprint density at radius 2 is 1.61 bits per heavy atom. The van der Waals surface area contributed by atoms with Crippen LogP contribution in [0.2, 0.25) is 5.02 Å². The van der Waals surface area contributed by atoms with Crippen molar-refractivity contribution in [1.82, 2.24) is 5.32 Å². The van der Waals surface area contributed by atoms with Crippen LogP contribution in [0.3, 0.4) is 0 Å². The molecule has 160 valence electrons. The van der Waals surface area contributed by atoms with E-state index in [4.69, 9.17) is 16.3 Å². The molecule has 3 rings (SSSR count).